The molecule has 0 aliphatic carbocycles. The Hall–Kier alpha value is -2.49. The zero-order valence-electron chi connectivity index (χ0n) is 14.2. The van der Waals surface area contributed by atoms with Gasteiger partial charge in [-0.3, -0.25) is 0 Å². The predicted octanol–water partition coefficient (Wildman–Crippen LogP) is 4.69. The van der Waals surface area contributed by atoms with Crippen LogP contribution in [0.4, 0.5) is 4.39 Å². The standard InChI is InChI=1S/C20H21FN2O/c1-20(2,3)15-10-8-14(9-11-15)12-13-24-18-16-6-4-5-7-17(16)22-19(21)23-18/h4-11H,12-13H2,1-3H3. The lowest BCUT2D eigenvalue weighted by molar-refractivity contribution is 0.307. The summed E-state index contributed by atoms with van der Waals surface area (Å²) in [7, 11) is 0. The molecule has 0 atom stereocenters. The molecule has 1 aromatic heterocycles. The lowest BCUT2D eigenvalue weighted by Crippen LogP contribution is -2.11. The summed E-state index contributed by atoms with van der Waals surface area (Å²) in [6, 6.07) is 15.8. The molecule has 0 spiro atoms. The van der Waals surface area contributed by atoms with Crippen LogP contribution in [0.1, 0.15) is 31.9 Å². The highest BCUT2D eigenvalue weighted by molar-refractivity contribution is 5.82. The lowest BCUT2D eigenvalue weighted by Gasteiger charge is -2.19. The van der Waals surface area contributed by atoms with Crippen molar-refractivity contribution in [2.75, 3.05) is 6.61 Å². The maximum atomic E-state index is 13.5. The highest BCUT2D eigenvalue weighted by Gasteiger charge is 2.13. The first-order valence-corrected chi connectivity index (χ1v) is 8.08. The van der Waals surface area contributed by atoms with Crippen molar-refractivity contribution in [2.24, 2.45) is 0 Å². The van der Waals surface area contributed by atoms with Crippen LogP contribution >= 0.6 is 0 Å². The fourth-order valence-corrected chi connectivity index (χ4v) is 2.57. The van der Waals surface area contributed by atoms with E-state index in [-0.39, 0.29) is 5.41 Å². The molecule has 0 amide bonds. The average Bonchev–Trinajstić information content (AvgIpc) is 2.54. The van der Waals surface area contributed by atoms with E-state index in [0.717, 1.165) is 11.8 Å². The van der Waals surface area contributed by atoms with Crippen LogP contribution in [0.5, 0.6) is 5.88 Å². The Morgan fingerprint density at radius 3 is 2.38 bits per heavy atom. The van der Waals surface area contributed by atoms with E-state index in [1.807, 2.05) is 18.2 Å². The number of fused-ring (bicyclic) bond motifs is 1. The third kappa shape index (κ3) is 3.70. The van der Waals surface area contributed by atoms with Gasteiger partial charge in [-0.05, 0) is 28.7 Å². The molecule has 0 bridgehead atoms. The fourth-order valence-electron chi connectivity index (χ4n) is 2.57. The Balaban J connectivity index is 1.69. The highest BCUT2D eigenvalue weighted by Crippen LogP contribution is 2.23. The van der Waals surface area contributed by atoms with E-state index >= 15 is 0 Å². The van der Waals surface area contributed by atoms with Crippen molar-refractivity contribution in [3.05, 3.63) is 65.7 Å². The molecule has 0 unspecified atom stereocenters. The largest absolute Gasteiger partial charge is 0.477 e. The zero-order valence-corrected chi connectivity index (χ0v) is 14.2. The number of halogens is 1. The van der Waals surface area contributed by atoms with Crippen LogP contribution < -0.4 is 4.74 Å². The molecule has 24 heavy (non-hydrogen) atoms. The van der Waals surface area contributed by atoms with Crippen LogP contribution in [0.2, 0.25) is 0 Å². The zero-order chi connectivity index (χ0) is 17.2. The minimum absolute atomic E-state index is 0.145. The molecule has 1 heterocycles. The Morgan fingerprint density at radius 2 is 1.67 bits per heavy atom. The highest BCUT2D eigenvalue weighted by atomic mass is 19.1. The second-order valence-electron chi connectivity index (χ2n) is 6.86. The normalized spacial score (nSPS) is 11.7. The van der Waals surface area contributed by atoms with Gasteiger partial charge in [-0.25, -0.2) is 4.98 Å². The Kier molecular flexibility index (Phi) is 4.47. The maximum absolute atomic E-state index is 13.5. The van der Waals surface area contributed by atoms with Gasteiger partial charge in [-0.1, -0.05) is 57.2 Å². The summed E-state index contributed by atoms with van der Waals surface area (Å²) in [5.74, 6) is 0.296. The molecular formula is C20H21FN2O. The fraction of sp³-hybridized carbons (Fsp3) is 0.300. The Bertz CT molecular complexity index is 838. The molecule has 0 fully saturated rings. The third-order valence-electron chi connectivity index (χ3n) is 3.99. The van der Waals surface area contributed by atoms with Gasteiger partial charge >= 0.3 is 6.08 Å². The van der Waals surface area contributed by atoms with Gasteiger partial charge in [0.25, 0.3) is 0 Å². The van der Waals surface area contributed by atoms with E-state index in [9.17, 15) is 4.39 Å². The topological polar surface area (TPSA) is 35.0 Å². The summed E-state index contributed by atoms with van der Waals surface area (Å²) in [6.45, 7) is 7.02. The number of para-hydroxylation sites is 1. The first-order valence-electron chi connectivity index (χ1n) is 8.08. The van der Waals surface area contributed by atoms with E-state index in [1.165, 1.54) is 11.1 Å². The lowest BCUT2D eigenvalue weighted by atomic mass is 9.86. The first-order chi connectivity index (χ1) is 11.4. The van der Waals surface area contributed by atoms with Gasteiger partial charge in [0, 0.05) is 6.42 Å². The van der Waals surface area contributed by atoms with Crippen molar-refractivity contribution < 1.29 is 9.13 Å². The van der Waals surface area contributed by atoms with Crippen LogP contribution in [0.15, 0.2) is 48.5 Å². The third-order valence-corrected chi connectivity index (χ3v) is 3.99. The molecule has 2 aromatic carbocycles. The number of rotatable bonds is 4. The van der Waals surface area contributed by atoms with Crippen molar-refractivity contribution >= 4 is 10.9 Å². The summed E-state index contributed by atoms with van der Waals surface area (Å²) >= 11 is 0. The summed E-state index contributed by atoms with van der Waals surface area (Å²) in [4.78, 5) is 7.56. The quantitative estimate of drug-likeness (QED) is 0.653. The van der Waals surface area contributed by atoms with Gasteiger partial charge in [0.1, 0.15) is 0 Å². The number of hydrogen-bond acceptors (Lipinski definition) is 3. The molecule has 0 N–H and O–H groups in total. The number of nitrogens with zero attached hydrogens (tertiary/aromatic N) is 2. The monoisotopic (exact) mass is 324 g/mol. The van der Waals surface area contributed by atoms with E-state index < -0.39 is 6.08 Å². The van der Waals surface area contributed by atoms with Gasteiger partial charge < -0.3 is 4.74 Å². The molecular weight excluding hydrogens is 303 g/mol. The molecule has 124 valence electrons. The first kappa shape index (κ1) is 16.4. The second-order valence-corrected chi connectivity index (χ2v) is 6.86. The molecule has 3 nitrogen and oxygen atoms in total. The van der Waals surface area contributed by atoms with Crippen molar-refractivity contribution in [3.63, 3.8) is 0 Å². The van der Waals surface area contributed by atoms with Crippen molar-refractivity contribution in [1.29, 1.82) is 0 Å². The number of ether oxygens (including phenoxy) is 1. The summed E-state index contributed by atoms with van der Waals surface area (Å²) in [5, 5.41) is 0.724. The Morgan fingerprint density at radius 1 is 0.958 bits per heavy atom. The molecule has 3 rings (SSSR count). The van der Waals surface area contributed by atoms with Gasteiger partial charge in [0.05, 0.1) is 17.5 Å². The van der Waals surface area contributed by atoms with Crippen molar-refractivity contribution in [3.8, 4) is 5.88 Å². The van der Waals surface area contributed by atoms with Crippen molar-refractivity contribution in [1.82, 2.24) is 9.97 Å². The molecule has 0 aliphatic rings. The molecule has 0 radical (unpaired) electrons. The van der Waals surface area contributed by atoms with E-state index in [2.05, 4.69) is 55.0 Å². The van der Waals surface area contributed by atoms with Crippen LogP contribution in [0, 0.1) is 6.08 Å². The number of benzene rings is 2. The molecule has 0 saturated heterocycles. The number of aromatic nitrogens is 2. The van der Waals surface area contributed by atoms with Crippen LogP contribution in [0.3, 0.4) is 0 Å². The average molecular weight is 324 g/mol. The minimum atomic E-state index is -0.766. The second kappa shape index (κ2) is 6.56. The number of hydrogen-bond donors (Lipinski definition) is 0. The van der Waals surface area contributed by atoms with Crippen LogP contribution in [-0.2, 0) is 11.8 Å². The molecule has 4 heteroatoms. The van der Waals surface area contributed by atoms with Gasteiger partial charge in [0.15, 0.2) is 0 Å². The minimum Gasteiger partial charge on any atom is -0.477 e. The van der Waals surface area contributed by atoms with Gasteiger partial charge in [-0.15, -0.1) is 0 Å². The van der Waals surface area contributed by atoms with E-state index in [4.69, 9.17) is 4.74 Å². The van der Waals surface area contributed by atoms with Crippen LogP contribution in [-0.4, -0.2) is 16.6 Å². The van der Waals surface area contributed by atoms with Gasteiger partial charge in [0.2, 0.25) is 5.88 Å². The summed E-state index contributed by atoms with van der Waals surface area (Å²) in [6.07, 6.45) is -0.0251. The molecule has 3 aromatic rings. The Labute approximate surface area is 141 Å². The predicted molar refractivity (Wildman–Crippen MR) is 93.8 cm³/mol. The molecule has 0 aliphatic heterocycles. The van der Waals surface area contributed by atoms with Gasteiger partial charge in [-0.2, -0.15) is 9.37 Å². The van der Waals surface area contributed by atoms with E-state index in [0.29, 0.717) is 18.0 Å². The van der Waals surface area contributed by atoms with E-state index in [1.54, 1.807) is 6.07 Å². The summed E-state index contributed by atoms with van der Waals surface area (Å²) < 4.78 is 19.2. The van der Waals surface area contributed by atoms with Crippen molar-refractivity contribution in [2.45, 2.75) is 32.6 Å². The summed E-state index contributed by atoms with van der Waals surface area (Å²) in [5.41, 5.74) is 3.18. The molecule has 0 saturated carbocycles. The maximum Gasteiger partial charge on any atom is 0.312 e. The smallest absolute Gasteiger partial charge is 0.312 e. The SMILES string of the molecule is CC(C)(C)c1ccc(CCOc2nc(F)nc3ccccc23)cc1. The van der Waals surface area contributed by atoms with Crippen LogP contribution in [0.25, 0.3) is 10.9 Å².